The summed E-state index contributed by atoms with van der Waals surface area (Å²) in [4.78, 5) is 50.5. The number of carbonyl (C=O) groups is 4. The van der Waals surface area contributed by atoms with E-state index in [1.807, 2.05) is 0 Å². The summed E-state index contributed by atoms with van der Waals surface area (Å²) in [5.74, 6) is -3.74. The van der Waals surface area contributed by atoms with Crippen molar-refractivity contribution in [1.82, 2.24) is 0 Å². The third kappa shape index (κ3) is 4.03. The summed E-state index contributed by atoms with van der Waals surface area (Å²) >= 11 is 0. The number of aromatic hydroxyl groups is 2. The molecule has 4 aliphatic heterocycles. The fourth-order valence-electron chi connectivity index (χ4n) is 6.80. The standard InChI is InChI=1S/C30H30O12/c1-13-7-21(35)39-27(13)29(11-31)9-17(33)23-19(41-29)5-3-15(25(23)37)16-4-6-20-24(26(16)38)18(34)10-30(12-32,42-20)28-14(2)8-22(36)40-28/h3-6,13-14,27-28,31-32,37-38H,7-12H2,1-2H3/t13-,14-,27-,28-,29-,30-/m1/s1. The molecule has 6 atom stereocenters. The normalized spacial score (nSPS) is 32.0. The highest BCUT2D eigenvalue weighted by atomic mass is 16.6. The van der Waals surface area contributed by atoms with Crippen molar-refractivity contribution in [3.05, 3.63) is 35.4 Å². The molecule has 2 aromatic rings. The zero-order chi connectivity index (χ0) is 30.1. The van der Waals surface area contributed by atoms with E-state index < -0.39 is 71.6 Å². The molecule has 0 unspecified atom stereocenters. The number of phenols is 2. The maximum absolute atomic E-state index is 13.4. The lowest BCUT2D eigenvalue weighted by atomic mass is 9.79. The molecule has 0 radical (unpaired) electrons. The van der Waals surface area contributed by atoms with Crippen molar-refractivity contribution in [3.63, 3.8) is 0 Å². The monoisotopic (exact) mass is 582 g/mol. The van der Waals surface area contributed by atoms with Gasteiger partial charge in [-0.2, -0.15) is 0 Å². The van der Waals surface area contributed by atoms with Crippen LogP contribution in [0.1, 0.15) is 60.2 Å². The van der Waals surface area contributed by atoms with Crippen molar-refractivity contribution in [1.29, 1.82) is 0 Å². The van der Waals surface area contributed by atoms with E-state index in [0.717, 1.165) is 0 Å². The molecule has 0 aliphatic carbocycles. The lowest BCUT2D eigenvalue weighted by Crippen LogP contribution is -2.56. The highest BCUT2D eigenvalue weighted by Crippen LogP contribution is 2.51. The smallest absolute Gasteiger partial charge is 0.306 e. The first-order valence-electron chi connectivity index (χ1n) is 13.7. The van der Waals surface area contributed by atoms with Gasteiger partial charge in [-0.25, -0.2) is 0 Å². The van der Waals surface area contributed by atoms with Crippen LogP contribution < -0.4 is 9.47 Å². The van der Waals surface area contributed by atoms with Crippen LogP contribution in [0, 0.1) is 11.8 Å². The van der Waals surface area contributed by atoms with Crippen LogP contribution in [0.5, 0.6) is 23.0 Å². The molecule has 42 heavy (non-hydrogen) atoms. The molecular formula is C30H30O12. The Balaban J connectivity index is 1.36. The number of ketones is 2. The first kappa shape index (κ1) is 28.0. The summed E-state index contributed by atoms with van der Waals surface area (Å²) in [5, 5.41) is 42.9. The second kappa shape index (κ2) is 9.70. The average molecular weight is 583 g/mol. The molecule has 0 bridgehead atoms. The third-order valence-corrected chi connectivity index (χ3v) is 8.77. The number of aliphatic hydroxyl groups excluding tert-OH is 2. The Morgan fingerprint density at radius 1 is 0.690 bits per heavy atom. The Hall–Kier alpha value is -4.16. The zero-order valence-corrected chi connectivity index (χ0v) is 22.9. The summed E-state index contributed by atoms with van der Waals surface area (Å²) in [6.07, 6.45) is -2.24. The van der Waals surface area contributed by atoms with Crippen molar-refractivity contribution < 1.29 is 58.6 Å². The lowest BCUT2D eigenvalue weighted by molar-refractivity contribution is -0.156. The van der Waals surface area contributed by atoms with Crippen molar-refractivity contribution in [2.75, 3.05) is 13.2 Å². The molecule has 12 nitrogen and oxygen atoms in total. The predicted molar refractivity (Wildman–Crippen MR) is 141 cm³/mol. The summed E-state index contributed by atoms with van der Waals surface area (Å²) < 4.78 is 22.9. The maximum Gasteiger partial charge on any atom is 0.306 e. The molecule has 2 aromatic carbocycles. The third-order valence-electron chi connectivity index (χ3n) is 8.77. The van der Waals surface area contributed by atoms with Crippen LogP contribution in [0.4, 0.5) is 0 Å². The first-order chi connectivity index (χ1) is 19.9. The lowest BCUT2D eigenvalue weighted by Gasteiger charge is -2.41. The predicted octanol–water partition coefficient (Wildman–Crippen LogP) is 2.06. The molecule has 4 N–H and O–H groups in total. The number of benzene rings is 2. The molecule has 222 valence electrons. The van der Waals surface area contributed by atoms with Crippen LogP contribution in [-0.4, -0.2) is 80.6 Å². The van der Waals surface area contributed by atoms with Crippen LogP contribution in [-0.2, 0) is 19.1 Å². The fourth-order valence-corrected chi connectivity index (χ4v) is 6.80. The highest BCUT2D eigenvalue weighted by Gasteiger charge is 2.55. The molecule has 0 saturated carbocycles. The van der Waals surface area contributed by atoms with Gasteiger partial charge < -0.3 is 39.4 Å². The number of hydrogen-bond donors (Lipinski definition) is 4. The summed E-state index contributed by atoms with van der Waals surface area (Å²) in [6.45, 7) is 2.30. The van der Waals surface area contributed by atoms with E-state index in [1.165, 1.54) is 24.3 Å². The Bertz CT molecular complexity index is 1420. The molecule has 0 aromatic heterocycles. The Kier molecular flexibility index (Phi) is 6.46. The van der Waals surface area contributed by atoms with Gasteiger partial charge in [0.1, 0.15) is 46.3 Å². The molecule has 6 rings (SSSR count). The van der Waals surface area contributed by atoms with Gasteiger partial charge in [-0.1, -0.05) is 13.8 Å². The first-order valence-corrected chi connectivity index (χ1v) is 13.7. The second-order valence-corrected chi connectivity index (χ2v) is 11.7. The van der Waals surface area contributed by atoms with E-state index >= 15 is 0 Å². The van der Waals surface area contributed by atoms with Gasteiger partial charge in [0, 0.05) is 23.0 Å². The number of esters is 2. The number of Topliss-reactive ketones (excluding diaryl/α,β-unsaturated/α-hetero) is 2. The molecule has 4 aliphatic rings. The number of carbonyl (C=O) groups excluding carboxylic acids is 4. The van der Waals surface area contributed by atoms with Crippen LogP contribution in [0.2, 0.25) is 0 Å². The van der Waals surface area contributed by atoms with Gasteiger partial charge in [-0.15, -0.1) is 0 Å². The Morgan fingerprint density at radius 2 is 1.07 bits per heavy atom. The Labute approximate surface area is 239 Å². The zero-order valence-electron chi connectivity index (χ0n) is 22.9. The number of cyclic esters (lactones) is 2. The topological polar surface area (TPSA) is 186 Å². The van der Waals surface area contributed by atoms with Crippen LogP contribution in [0.25, 0.3) is 11.1 Å². The molecule has 2 saturated heterocycles. The van der Waals surface area contributed by atoms with Gasteiger partial charge in [-0.3, -0.25) is 19.2 Å². The SMILES string of the molecule is C[C@@H]1CC(=O)O[C@H]1[C@]1(CO)CC(=O)c2c(ccc(-c3ccc4c(c3O)C(=O)C[C@@](CO)([C@@H]3OC(=O)C[C@H]3C)O4)c2O)O1. The van der Waals surface area contributed by atoms with Crippen LogP contribution in [0.15, 0.2) is 24.3 Å². The Morgan fingerprint density at radius 3 is 1.38 bits per heavy atom. The minimum absolute atomic E-state index is 0.0264. The summed E-state index contributed by atoms with van der Waals surface area (Å²) in [7, 11) is 0. The van der Waals surface area contributed by atoms with Gasteiger partial charge in [0.2, 0.25) is 0 Å². The van der Waals surface area contributed by atoms with Gasteiger partial charge in [0.05, 0.1) is 38.9 Å². The highest BCUT2D eigenvalue weighted by molar-refractivity contribution is 6.07. The van der Waals surface area contributed by atoms with E-state index in [1.54, 1.807) is 13.8 Å². The molecule has 2 fully saturated rings. The van der Waals surface area contributed by atoms with Gasteiger partial charge in [0.15, 0.2) is 22.8 Å². The average Bonchev–Trinajstić information content (AvgIpc) is 3.48. The molecule has 12 heteroatoms. The van der Waals surface area contributed by atoms with Gasteiger partial charge >= 0.3 is 11.9 Å². The van der Waals surface area contributed by atoms with Crippen molar-refractivity contribution >= 4 is 23.5 Å². The number of phenolic OH excluding ortho intramolecular Hbond substituents is 2. The van der Waals surface area contributed by atoms with Gasteiger partial charge in [-0.05, 0) is 24.3 Å². The maximum atomic E-state index is 13.4. The number of ether oxygens (including phenoxy) is 4. The van der Waals surface area contributed by atoms with Crippen molar-refractivity contribution in [2.24, 2.45) is 11.8 Å². The number of hydrogen-bond acceptors (Lipinski definition) is 12. The number of aliphatic hydroxyl groups is 2. The van der Waals surface area contributed by atoms with Crippen LogP contribution >= 0.6 is 0 Å². The number of fused-ring (bicyclic) bond motifs is 2. The van der Waals surface area contributed by atoms with E-state index in [0.29, 0.717) is 0 Å². The van der Waals surface area contributed by atoms with E-state index in [4.69, 9.17) is 18.9 Å². The molecule has 0 spiro atoms. The van der Waals surface area contributed by atoms with E-state index in [-0.39, 0.29) is 71.3 Å². The number of rotatable bonds is 5. The van der Waals surface area contributed by atoms with Crippen molar-refractivity contribution in [3.8, 4) is 34.1 Å². The minimum Gasteiger partial charge on any atom is -0.506 e. The second-order valence-electron chi connectivity index (χ2n) is 11.7. The van der Waals surface area contributed by atoms with Crippen molar-refractivity contribution in [2.45, 2.75) is 62.9 Å². The van der Waals surface area contributed by atoms with E-state index in [2.05, 4.69) is 0 Å². The van der Waals surface area contributed by atoms with E-state index in [9.17, 15) is 39.6 Å². The molecule has 0 amide bonds. The quantitative estimate of drug-likeness (QED) is 0.377. The minimum atomic E-state index is -1.52. The molecular weight excluding hydrogens is 552 g/mol. The fraction of sp³-hybridized carbons (Fsp3) is 0.467. The largest absolute Gasteiger partial charge is 0.506 e. The van der Waals surface area contributed by atoms with Gasteiger partial charge in [0.25, 0.3) is 0 Å². The van der Waals surface area contributed by atoms with Crippen LogP contribution in [0.3, 0.4) is 0 Å². The molecule has 4 heterocycles. The summed E-state index contributed by atoms with van der Waals surface area (Å²) in [5.41, 5.74) is -3.33. The summed E-state index contributed by atoms with van der Waals surface area (Å²) in [6, 6.07) is 5.59.